The minimum absolute atomic E-state index is 0.0673. The van der Waals surface area contributed by atoms with E-state index in [1.165, 1.54) is 0 Å². The first-order chi connectivity index (χ1) is 17.4. The molecule has 36 heavy (non-hydrogen) atoms. The van der Waals surface area contributed by atoms with Crippen molar-refractivity contribution in [1.82, 2.24) is 35.5 Å². The molecule has 13 heteroatoms. The third-order valence-electron chi connectivity index (χ3n) is 7.12. The molecule has 4 aliphatic rings. The van der Waals surface area contributed by atoms with Crippen LogP contribution in [-0.4, -0.2) is 55.6 Å². The topological polar surface area (TPSA) is 178 Å². The number of carbonyl (C=O) groups excluding carboxylic acids is 3. The molecule has 0 atom stereocenters. The van der Waals surface area contributed by atoms with E-state index in [2.05, 4.69) is 47.7 Å². The van der Waals surface area contributed by atoms with E-state index in [0.29, 0.717) is 42.0 Å². The van der Waals surface area contributed by atoms with Crippen molar-refractivity contribution in [2.24, 2.45) is 5.41 Å². The number of fused-ring (bicyclic) bond motifs is 1. The number of nitrogens with one attached hydrogen (secondary N) is 5. The summed E-state index contributed by atoms with van der Waals surface area (Å²) in [6.45, 7) is 0. The van der Waals surface area contributed by atoms with Crippen LogP contribution in [0.1, 0.15) is 56.9 Å². The number of nitrogens with zero attached hydrogens (tertiary/aromatic N) is 5. The predicted octanol–water partition coefficient (Wildman–Crippen LogP) is 1.02. The fourth-order valence-electron chi connectivity index (χ4n) is 4.61. The van der Waals surface area contributed by atoms with Crippen LogP contribution in [0.5, 0.6) is 0 Å². The zero-order chi connectivity index (χ0) is 24.9. The number of anilines is 2. The van der Waals surface area contributed by atoms with Crippen LogP contribution < -0.4 is 26.6 Å². The molecule has 3 saturated carbocycles. The molecule has 0 unspecified atom stereocenters. The number of nitriles is 1. The average Bonchev–Trinajstić information content (AvgIpc) is 3.77. The first-order valence-corrected chi connectivity index (χ1v) is 12.3. The molecule has 186 valence electrons. The Morgan fingerprint density at radius 1 is 1.06 bits per heavy atom. The molecule has 4 fully saturated rings. The third kappa shape index (κ3) is 4.30. The maximum atomic E-state index is 12.4. The highest BCUT2D eigenvalue weighted by Crippen LogP contribution is 2.45. The number of hydrogen-bond donors (Lipinski definition) is 5. The first-order valence-electron chi connectivity index (χ1n) is 12.3. The Hall–Kier alpha value is -4.21. The highest BCUT2D eigenvalue weighted by atomic mass is 16.2. The van der Waals surface area contributed by atoms with E-state index >= 15 is 0 Å². The van der Waals surface area contributed by atoms with E-state index in [1.807, 2.05) is 0 Å². The number of hydrogen-bond acceptors (Lipinski definition) is 9. The lowest BCUT2D eigenvalue weighted by Gasteiger charge is -2.30. The maximum Gasteiger partial charge on any atom is 0.326 e. The van der Waals surface area contributed by atoms with E-state index in [4.69, 9.17) is 0 Å². The number of aromatic nitrogens is 4. The monoisotopic (exact) mass is 490 g/mol. The van der Waals surface area contributed by atoms with Crippen molar-refractivity contribution in [3.05, 3.63) is 17.5 Å². The molecule has 4 amide bonds. The molecule has 0 spiro atoms. The van der Waals surface area contributed by atoms with E-state index < -0.39 is 17.4 Å². The van der Waals surface area contributed by atoms with Gasteiger partial charge in [-0.1, -0.05) is 0 Å². The summed E-state index contributed by atoms with van der Waals surface area (Å²) in [6, 6.07) is 2.12. The molecule has 0 bridgehead atoms. The number of carbonyl (C=O) groups is 3. The molecule has 5 N–H and O–H groups in total. The van der Waals surface area contributed by atoms with Gasteiger partial charge in [-0.3, -0.25) is 14.9 Å². The largest absolute Gasteiger partial charge is 0.352 e. The standard InChI is InChI=1S/C23H26N10O3/c24-11-23(7-8-23)19(35)26-13-1-3-14(4-2-13)27-20-30-17-12(9-16-18(34)31-22(36)29-16)10-25-33(17)21(32-20)28-15-5-6-15/h9-10,13-15H,1-8H2,(H,26,35)(H2,27,28,30,32)(H2,29,31,34,36)/b16-9-/t13-,14-. The normalized spacial score (nSPS) is 25.7. The zero-order valence-corrected chi connectivity index (χ0v) is 19.5. The van der Waals surface area contributed by atoms with Crippen molar-refractivity contribution < 1.29 is 14.4 Å². The molecule has 6 rings (SSSR count). The van der Waals surface area contributed by atoms with Crippen molar-refractivity contribution in [2.75, 3.05) is 10.6 Å². The van der Waals surface area contributed by atoms with Gasteiger partial charge < -0.3 is 21.3 Å². The molecule has 3 heterocycles. The molecule has 13 nitrogen and oxygen atoms in total. The summed E-state index contributed by atoms with van der Waals surface area (Å²) >= 11 is 0. The van der Waals surface area contributed by atoms with Crippen LogP contribution in [0.25, 0.3) is 11.7 Å². The van der Waals surface area contributed by atoms with Gasteiger partial charge in [0, 0.05) is 23.7 Å². The second-order valence-corrected chi connectivity index (χ2v) is 9.95. The summed E-state index contributed by atoms with van der Waals surface area (Å²) in [5.41, 5.74) is 0.405. The minimum atomic E-state index is -0.802. The van der Waals surface area contributed by atoms with Gasteiger partial charge in [-0.15, -0.1) is 0 Å². The Morgan fingerprint density at radius 2 is 1.75 bits per heavy atom. The average molecular weight is 491 g/mol. The molecule has 2 aromatic rings. The van der Waals surface area contributed by atoms with Crippen molar-refractivity contribution in [1.29, 1.82) is 5.26 Å². The van der Waals surface area contributed by atoms with Crippen LogP contribution in [0.15, 0.2) is 11.9 Å². The van der Waals surface area contributed by atoms with Gasteiger partial charge in [-0.2, -0.15) is 24.8 Å². The van der Waals surface area contributed by atoms with Gasteiger partial charge >= 0.3 is 6.03 Å². The quantitative estimate of drug-likeness (QED) is 0.280. The Morgan fingerprint density at radius 3 is 2.39 bits per heavy atom. The Labute approximate surface area is 206 Å². The van der Waals surface area contributed by atoms with Crippen molar-refractivity contribution in [2.45, 2.75) is 69.5 Å². The smallest absolute Gasteiger partial charge is 0.326 e. The summed E-state index contributed by atoms with van der Waals surface area (Å²) in [6.07, 6.45) is 9.79. The highest BCUT2D eigenvalue weighted by Gasteiger charge is 2.51. The van der Waals surface area contributed by atoms with Gasteiger partial charge in [-0.05, 0) is 57.4 Å². The fraction of sp³-hybridized carbons (Fsp3) is 0.522. The molecular weight excluding hydrogens is 464 g/mol. The van der Waals surface area contributed by atoms with Gasteiger partial charge in [0.2, 0.25) is 17.8 Å². The lowest BCUT2D eigenvalue weighted by Crippen LogP contribution is -2.43. The summed E-state index contributed by atoms with van der Waals surface area (Å²) in [7, 11) is 0. The minimum Gasteiger partial charge on any atom is -0.352 e. The van der Waals surface area contributed by atoms with Crippen molar-refractivity contribution in [3.63, 3.8) is 0 Å². The number of amides is 4. The van der Waals surface area contributed by atoms with Gasteiger partial charge in [0.15, 0.2) is 5.65 Å². The van der Waals surface area contributed by atoms with E-state index in [0.717, 1.165) is 38.5 Å². The maximum absolute atomic E-state index is 12.4. The molecule has 3 aliphatic carbocycles. The highest BCUT2D eigenvalue weighted by molar-refractivity contribution is 6.14. The lowest BCUT2D eigenvalue weighted by molar-refractivity contribution is -0.125. The summed E-state index contributed by atoms with van der Waals surface area (Å²) in [5.74, 6) is 0.358. The van der Waals surface area contributed by atoms with Crippen molar-refractivity contribution >= 4 is 41.5 Å². The Balaban J connectivity index is 1.18. The summed E-state index contributed by atoms with van der Waals surface area (Å²) in [4.78, 5) is 45.2. The first kappa shape index (κ1) is 22.3. The second kappa shape index (κ2) is 8.47. The SMILES string of the molecule is N#CC1(C(=O)N[C@H]2CC[C@H](Nc3nc(NC4CC4)n4ncc(/C=C5\NC(=O)NC5=O)c4n3)CC2)CC1. The predicted molar refractivity (Wildman–Crippen MR) is 127 cm³/mol. The molecule has 0 aromatic carbocycles. The fourth-order valence-corrected chi connectivity index (χ4v) is 4.61. The second-order valence-electron chi connectivity index (χ2n) is 9.95. The number of urea groups is 1. The molecule has 0 radical (unpaired) electrons. The van der Waals surface area contributed by atoms with Gasteiger partial charge in [0.05, 0.1) is 12.3 Å². The number of imide groups is 1. The van der Waals surface area contributed by atoms with Crippen LogP contribution in [0, 0.1) is 16.7 Å². The van der Waals surface area contributed by atoms with Crippen LogP contribution in [0.4, 0.5) is 16.7 Å². The summed E-state index contributed by atoms with van der Waals surface area (Å²) < 4.78 is 1.60. The molecule has 2 aromatic heterocycles. The zero-order valence-electron chi connectivity index (χ0n) is 19.5. The molecule has 1 saturated heterocycles. The van der Waals surface area contributed by atoms with Gasteiger partial charge in [0.1, 0.15) is 11.1 Å². The van der Waals surface area contributed by atoms with E-state index in [-0.39, 0.29) is 23.7 Å². The molecular formula is C23H26N10O3. The van der Waals surface area contributed by atoms with E-state index in [1.54, 1.807) is 16.8 Å². The van der Waals surface area contributed by atoms with Crippen LogP contribution in [-0.2, 0) is 9.59 Å². The Kier molecular flexibility index (Phi) is 5.24. The third-order valence-corrected chi connectivity index (χ3v) is 7.12. The van der Waals surface area contributed by atoms with Crippen LogP contribution >= 0.6 is 0 Å². The lowest BCUT2D eigenvalue weighted by atomic mass is 9.90. The van der Waals surface area contributed by atoms with Gasteiger partial charge in [-0.25, -0.2) is 4.79 Å². The Bertz CT molecular complexity index is 1330. The number of rotatable bonds is 7. The summed E-state index contributed by atoms with van der Waals surface area (Å²) in [5, 5.41) is 28.2. The molecule has 1 aliphatic heterocycles. The van der Waals surface area contributed by atoms with Gasteiger partial charge in [0.25, 0.3) is 5.91 Å². The van der Waals surface area contributed by atoms with E-state index in [9.17, 15) is 19.6 Å². The van der Waals surface area contributed by atoms with Crippen molar-refractivity contribution in [3.8, 4) is 6.07 Å². The van der Waals surface area contributed by atoms with Crippen LogP contribution in [0.2, 0.25) is 0 Å². The van der Waals surface area contributed by atoms with Crippen LogP contribution in [0.3, 0.4) is 0 Å².